The smallest absolute Gasteiger partial charge is 0.329 e. The van der Waals surface area contributed by atoms with Crippen molar-refractivity contribution in [3.8, 4) is 0 Å². The molecule has 0 amide bonds. The van der Waals surface area contributed by atoms with E-state index in [4.69, 9.17) is 4.74 Å². The average Bonchev–Trinajstić information content (AvgIpc) is 3.28. The molecule has 1 aliphatic rings. The molecule has 2 aromatic carbocycles. The van der Waals surface area contributed by atoms with Crippen LogP contribution in [0.4, 0.5) is 17.6 Å². The van der Waals surface area contributed by atoms with E-state index in [0.29, 0.717) is 17.8 Å². The second-order valence-electron chi connectivity index (χ2n) is 5.03. The highest BCUT2D eigenvalue weighted by molar-refractivity contribution is 7.99. The molecule has 0 saturated carbocycles. The predicted octanol–water partition coefficient (Wildman–Crippen LogP) is 4.72. The summed E-state index contributed by atoms with van der Waals surface area (Å²) in [6.45, 7) is -0.287. The van der Waals surface area contributed by atoms with Gasteiger partial charge in [-0.25, -0.2) is 8.78 Å². The Hall–Kier alpha value is -1.53. The van der Waals surface area contributed by atoms with Gasteiger partial charge in [0.05, 0.1) is 6.61 Å². The first-order valence-corrected chi connectivity index (χ1v) is 7.58. The number of alkyl halides is 2. The van der Waals surface area contributed by atoms with Gasteiger partial charge >= 0.3 is 5.25 Å². The van der Waals surface area contributed by atoms with Gasteiger partial charge in [0, 0.05) is 17.4 Å². The Morgan fingerprint density at radius 1 is 1.09 bits per heavy atom. The van der Waals surface area contributed by atoms with Crippen molar-refractivity contribution in [1.29, 1.82) is 0 Å². The van der Waals surface area contributed by atoms with Gasteiger partial charge in [-0.2, -0.15) is 8.78 Å². The zero-order chi connectivity index (χ0) is 15.8. The molecule has 3 rings (SSSR count). The summed E-state index contributed by atoms with van der Waals surface area (Å²) < 4.78 is 60.7. The third kappa shape index (κ3) is 2.73. The summed E-state index contributed by atoms with van der Waals surface area (Å²) in [5.41, 5.74) is -1.58. The second kappa shape index (κ2) is 5.59. The first kappa shape index (κ1) is 15.4. The van der Waals surface area contributed by atoms with Crippen LogP contribution in [0.3, 0.4) is 0 Å². The average molecular weight is 328 g/mol. The van der Waals surface area contributed by atoms with Crippen molar-refractivity contribution in [1.82, 2.24) is 0 Å². The van der Waals surface area contributed by atoms with E-state index in [1.54, 1.807) is 30.3 Å². The molecule has 1 saturated heterocycles. The van der Waals surface area contributed by atoms with Crippen LogP contribution in [0.5, 0.6) is 0 Å². The van der Waals surface area contributed by atoms with E-state index in [9.17, 15) is 17.6 Å². The number of ether oxygens (including phenoxy) is 1. The molecule has 1 atom stereocenters. The van der Waals surface area contributed by atoms with Crippen LogP contribution in [0, 0.1) is 11.6 Å². The normalized spacial score (nSPS) is 20.9. The Kier molecular flexibility index (Phi) is 3.91. The standard InChI is InChI=1S/C16H12F4OS/c17-12-6-7-13(14(18)8-12)15(10-21-15)16(19,20)22-9-11-4-2-1-3-5-11/h1-8H,9-10H2. The molecule has 0 bridgehead atoms. The van der Waals surface area contributed by atoms with Gasteiger partial charge in [0.25, 0.3) is 0 Å². The fourth-order valence-corrected chi connectivity index (χ4v) is 3.24. The van der Waals surface area contributed by atoms with E-state index in [1.165, 1.54) is 0 Å². The van der Waals surface area contributed by atoms with E-state index in [-0.39, 0.29) is 17.9 Å². The Labute approximate surface area is 129 Å². The number of hydrogen-bond donors (Lipinski definition) is 0. The molecule has 2 aromatic rings. The lowest BCUT2D eigenvalue weighted by molar-refractivity contribution is 0.00768. The highest BCUT2D eigenvalue weighted by Gasteiger charge is 2.67. The number of halogens is 4. The van der Waals surface area contributed by atoms with Gasteiger partial charge in [-0.05, 0) is 17.7 Å². The molecule has 0 N–H and O–H groups in total. The molecule has 22 heavy (non-hydrogen) atoms. The first-order valence-electron chi connectivity index (χ1n) is 6.60. The van der Waals surface area contributed by atoms with Gasteiger partial charge in [-0.15, -0.1) is 0 Å². The molecule has 0 radical (unpaired) electrons. The molecule has 0 spiro atoms. The third-order valence-electron chi connectivity index (χ3n) is 3.53. The number of thioether (sulfide) groups is 1. The Morgan fingerprint density at radius 2 is 1.77 bits per heavy atom. The lowest BCUT2D eigenvalue weighted by Gasteiger charge is -2.24. The minimum atomic E-state index is -3.32. The summed E-state index contributed by atoms with van der Waals surface area (Å²) in [5.74, 6) is -1.75. The van der Waals surface area contributed by atoms with Crippen LogP contribution >= 0.6 is 11.8 Å². The molecule has 0 aliphatic carbocycles. The minimum Gasteiger partial charge on any atom is -0.357 e. The van der Waals surface area contributed by atoms with E-state index in [2.05, 4.69) is 0 Å². The van der Waals surface area contributed by atoms with E-state index in [0.717, 1.165) is 17.7 Å². The van der Waals surface area contributed by atoms with E-state index < -0.39 is 22.5 Å². The lowest BCUT2D eigenvalue weighted by Crippen LogP contribution is -2.33. The molecular formula is C16H12F4OS. The first-order chi connectivity index (χ1) is 10.4. The van der Waals surface area contributed by atoms with Gasteiger partial charge in [0.2, 0.25) is 0 Å². The maximum absolute atomic E-state index is 14.5. The van der Waals surface area contributed by atoms with Crippen LogP contribution in [0.15, 0.2) is 48.5 Å². The summed E-state index contributed by atoms with van der Waals surface area (Å²) >= 11 is 0.390. The monoisotopic (exact) mass is 328 g/mol. The van der Waals surface area contributed by atoms with Crippen LogP contribution in [0.25, 0.3) is 0 Å². The van der Waals surface area contributed by atoms with Crippen LogP contribution < -0.4 is 0 Å². The second-order valence-corrected chi connectivity index (χ2v) is 6.12. The zero-order valence-corrected chi connectivity index (χ0v) is 12.2. The molecule has 0 aromatic heterocycles. The predicted molar refractivity (Wildman–Crippen MR) is 76.7 cm³/mol. The SMILES string of the molecule is Fc1ccc(C2(C(F)(F)SCc3ccccc3)CO2)c(F)c1. The van der Waals surface area contributed by atoms with Crippen molar-refractivity contribution in [2.75, 3.05) is 6.61 Å². The quantitative estimate of drug-likeness (QED) is 0.582. The molecule has 1 fully saturated rings. The van der Waals surface area contributed by atoms with Gasteiger partial charge in [-0.1, -0.05) is 42.1 Å². The summed E-state index contributed by atoms with van der Waals surface area (Å²) in [5, 5.41) is -3.32. The maximum Gasteiger partial charge on any atom is 0.329 e. The molecule has 6 heteroatoms. The molecule has 1 nitrogen and oxygen atoms in total. The van der Waals surface area contributed by atoms with Crippen molar-refractivity contribution in [3.63, 3.8) is 0 Å². The maximum atomic E-state index is 14.5. The van der Waals surface area contributed by atoms with Crippen molar-refractivity contribution < 1.29 is 22.3 Å². The Bertz CT molecular complexity index is 671. The fourth-order valence-electron chi connectivity index (χ4n) is 2.23. The number of epoxide rings is 1. The van der Waals surface area contributed by atoms with Gasteiger partial charge in [0.1, 0.15) is 11.6 Å². The van der Waals surface area contributed by atoms with Crippen LogP contribution in [0.1, 0.15) is 11.1 Å². The minimum absolute atomic E-state index is 0.0712. The number of benzene rings is 2. The summed E-state index contributed by atoms with van der Waals surface area (Å²) in [7, 11) is 0. The number of hydrogen-bond acceptors (Lipinski definition) is 2. The lowest BCUT2D eigenvalue weighted by atomic mass is 9.99. The highest BCUT2D eigenvalue weighted by Crippen LogP contribution is 2.57. The van der Waals surface area contributed by atoms with Crippen molar-refractivity contribution in [2.45, 2.75) is 16.6 Å². The van der Waals surface area contributed by atoms with Gasteiger partial charge < -0.3 is 4.74 Å². The molecule has 1 aliphatic heterocycles. The fraction of sp³-hybridized carbons (Fsp3) is 0.250. The van der Waals surface area contributed by atoms with Crippen molar-refractivity contribution >= 4 is 11.8 Å². The summed E-state index contributed by atoms with van der Waals surface area (Å²) in [4.78, 5) is 0. The zero-order valence-electron chi connectivity index (χ0n) is 11.4. The number of rotatable bonds is 5. The largest absolute Gasteiger partial charge is 0.357 e. The third-order valence-corrected chi connectivity index (χ3v) is 4.70. The Balaban J connectivity index is 1.81. The van der Waals surface area contributed by atoms with Crippen molar-refractivity contribution in [3.05, 3.63) is 71.3 Å². The Morgan fingerprint density at radius 3 is 2.36 bits per heavy atom. The molecular weight excluding hydrogens is 316 g/mol. The summed E-state index contributed by atoms with van der Waals surface area (Å²) in [6, 6.07) is 11.4. The molecule has 1 heterocycles. The van der Waals surface area contributed by atoms with Gasteiger partial charge in [-0.3, -0.25) is 0 Å². The van der Waals surface area contributed by atoms with Crippen LogP contribution in [0.2, 0.25) is 0 Å². The van der Waals surface area contributed by atoms with E-state index >= 15 is 0 Å². The van der Waals surface area contributed by atoms with E-state index in [1.807, 2.05) is 0 Å². The topological polar surface area (TPSA) is 12.5 Å². The van der Waals surface area contributed by atoms with Gasteiger partial charge in [0.15, 0.2) is 5.60 Å². The summed E-state index contributed by atoms with van der Waals surface area (Å²) in [6.07, 6.45) is 0. The van der Waals surface area contributed by atoms with Crippen LogP contribution in [-0.4, -0.2) is 11.9 Å². The van der Waals surface area contributed by atoms with Crippen LogP contribution in [-0.2, 0) is 16.1 Å². The van der Waals surface area contributed by atoms with Crippen molar-refractivity contribution in [2.24, 2.45) is 0 Å². The highest BCUT2D eigenvalue weighted by atomic mass is 32.2. The molecule has 116 valence electrons. The molecule has 1 unspecified atom stereocenters.